The molecule has 8 heteroatoms. The normalized spacial score (nSPS) is 10.8. The summed E-state index contributed by atoms with van der Waals surface area (Å²) in [5.41, 5.74) is 2.75. The Kier molecular flexibility index (Phi) is 4.82. The van der Waals surface area contributed by atoms with Gasteiger partial charge in [-0.3, -0.25) is 14.0 Å². The Bertz CT molecular complexity index is 1210. The van der Waals surface area contributed by atoms with Crippen molar-refractivity contribution in [1.82, 2.24) is 19.9 Å². The SMILES string of the molecule is Cc1cccc(CNC(=O)c2nc(C(=O)Nc3cc(C)on3)c3ccccn23)c1. The number of nitrogens with zero attached hydrogens (tertiary/aromatic N) is 3. The largest absolute Gasteiger partial charge is 0.360 e. The van der Waals surface area contributed by atoms with Crippen molar-refractivity contribution >= 4 is 23.1 Å². The molecule has 0 saturated carbocycles. The summed E-state index contributed by atoms with van der Waals surface area (Å²) in [4.78, 5) is 29.8. The predicted octanol–water partition coefficient (Wildman–Crippen LogP) is 3.12. The molecule has 0 spiro atoms. The zero-order valence-corrected chi connectivity index (χ0v) is 16.0. The quantitative estimate of drug-likeness (QED) is 0.546. The molecule has 2 amide bonds. The highest BCUT2D eigenvalue weighted by atomic mass is 16.5. The number of aryl methyl sites for hydroxylation is 2. The molecule has 0 radical (unpaired) electrons. The van der Waals surface area contributed by atoms with Crippen LogP contribution in [0, 0.1) is 13.8 Å². The van der Waals surface area contributed by atoms with Crippen molar-refractivity contribution in [2.75, 3.05) is 5.32 Å². The van der Waals surface area contributed by atoms with Crippen molar-refractivity contribution < 1.29 is 14.1 Å². The standard InChI is InChI=1S/C21H19N5O3/c1-13-6-5-7-15(10-13)12-22-21(28)19-24-18(16-8-3-4-9-26(16)19)20(27)23-17-11-14(2)29-25-17/h3-11H,12H2,1-2H3,(H,22,28)(H,23,25,27). The van der Waals surface area contributed by atoms with Crippen LogP contribution >= 0.6 is 0 Å². The fourth-order valence-corrected chi connectivity index (χ4v) is 3.05. The number of rotatable bonds is 5. The second-order valence-electron chi connectivity index (χ2n) is 6.69. The van der Waals surface area contributed by atoms with Crippen LogP contribution in [0.5, 0.6) is 0 Å². The summed E-state index contributed by atoms with van der Waals surface area (Å²) in [5, 5.41) is 9.25. The minimum Gasteiger partial charge on any atom is -0.360 e. The number of carbonyl (C=O) groups is 2. The van der Waals surface area contributed by atoms with Gasteiger partial charge in [0.2, 0.25) is 5.82 Å². The van der Waals surface area contributed by atoms with Crippen LogP contribution in [-0.4, -0.2) is 26.4 Å². The minimum absolute atomic E-state index is 0.131. The Labute approximate surface area is 166 Å². The van der Waals surface area contributed by atoms with Gasteiger partial charge in [0.05, 0.1) is 5.52 Å². The Balaban J connectivity index is 1.59. The zero-order chi connectivity index (χ0) is 20.4. The average molecular weight is 389 g/mol. The first-order valence-electron chi connectivity index (χ1n) is 9.07. The number of pyridine rings is 1. The Hall–Kier alpha value is -3.94. The van der Waals surface area contributed by atoms with E-state index in [0.717, 1.165) is 11.1 Å². The van der Waals surface area contributed by atoms with Crippen LogP contribution in [0.25, 0.3) is 5.52 Å². The van der Waals surface area contributed by atoms with Gasteiger partial charge < -0.3 is 15.2 Å². The van der Waals surface area contributed by atoms with Crippen molar-refractivity contribution in [1.29, 1.82) is 0 Å². The smallest absolute Gasteiger partial charge is 0.287 e. The van der Waals surface area contributed by atoms with E-state index in [1.807, 2.05) is 31.2 Å². The molecule has 0 bridgehead atoms. The highest BCUT2D eigenvalue weighted by Gasteiger charge is 2.22. The molecule has 0 aliphatic carbocycles. The summed E-state index contributed by atoms with van der Waals surface area (Å²) in [6, 6.07) is 14.8. The maximum Gasteiger partial charge on any atom is 0.287 e. The van der Waals surface area contributed by atoms with Gasteiger partial charge in [-0.1, -0.05) is 41.1 Å². The van der Waals surface area contributed by atoms with Crippen LogP contribution in [0.2, 0.25) is 0 Å². The van der Waals surface area contributed by atoms with Gasteiger partial charge in [0.15, 0.2) is 11.5 Å². The van der Waals surface area contributed by atoms with Gasteiger partial charge >= 0.3 is 0 Å². The Morgan fingerprint density at radius 1 is 1.07 bits per heavy atom. The first-order chi connectivity index (χ1) is 14.0. The molecule has 146 valence electrons. The van der Waals surface area contributed by atoms with E-state index in [2.05, 4.69) is 20.8 Å². The van der Waals surface area contributed by atoms with Gasteiger partial charge in [-0.25, -0.2) is 4.98 Å². The van der Waals surface area contributed by atoms with E-state index in [1.165, 1.54) is 0 Å². The lowest BCUT2D eigenvalue weighted by atomic mass is 10.1. The molecule has 1 aromatic carbocycles. The molecule has 29 heavy (non-hydrogen) atoms. The fourth-order valence-electron chi connectivity index (χ4n) is 3.05. The summed E-state index contributed by atoms with van der Waals surface area (Å²) >= 11 is 0. The Morgan fingerprint density at radius 2 is 1.93 bits per heavy atom. The molecule has 0 aliphatic rings. The molecular formula is C21H19N5O3. The maximum absolute atomic E-state index is 12.8. The van der Waals surface area contributed by atoms with Crippen LogP contribution in [0.4, 0.5) is 5.82 Å². The topological polar surface area (TPSA) is 102 Å². The van der Waals surface area contributed by atoms with Crippen LogP contribution in [-0.2, 0) is 6.54 Å². The molecule has 0 saturated heterocycles. The lowest BCUT2D eigenvalue weighted by molar-refractivity contribution is 0.0940. The second kappa shape index (κ2) is 7.59. The summed E-state index contributed by atoms with van der Waals surface area (Å²) in [6.07, 6.45) is 1.70. The molecule has 0 atom stereocenters. The van der Waals surface area contributed by atoms with Gasteiger partial charge in [0, 0.05) is 18.8 Å². The number of hydrogen-bond donors (Lipinski definition) is 2. The number of imidazole rings is 1. The molecule has 0 fully saturated rings. The van der Waals surface area contributed by atoms with Gasteiger partial charge in [-0.2, -0.15) is 0 Å². The van der Waals surface area contributed by atoms with Crippen molar-refractivity contribution in [2.45, 2.75) is 20.4 Å². The van der Waals surface area contributed by atoms with Crippen molar-refractivity contribution in [3.63, 3.8) is 0 Å². The van der Waals surface area contributed by atoms with Crippen LogP contribution in [0.15, 0.2) is 59.3 Å². The van der Waals surface area contributed by atoms with Crippen molar-refractivity contribution in [3.8, 4) is 0 Å². The first kappa shape index (κ1) is 18.4. The second-order valence-corrected chi connectivity index (χ2v) is 6.69. The average Bonchev–Trinajstić information content (AvgIpc) is 3.30. The number of nitrogens with one attached hydrogen (secondary N) is 2. The third-order valence-corrected chi connectivity index (χ3v) is 4.37. The first-order valence-corrected chi connectivity index (χ1v) is 9.07. The number of anilines is 1. The molecule has 3 heterocycles. The summed E-state index contributed by atoms with van der Waals surface area (Å²) < 4.78 is 6.55. The van der Waals surface area contributed by atoms with Crippen molar-refractivity contribution in [2.24, 2.45) is 0 Å². The number of benzene rings is 1. The predicted molar refractivity (Wildman–Crippen MR) is 107 cm³/mol. The highest BCUT2D eigenvalue weighted by molar-refractivity contribution is 6.08. The number of amides is 2. The third kappa shape index (κ3) is 3.86. The van der Waals surface area contributed by atoms with E-state index < -0.39 is 5.91 Å². The number of hydrogen-bond acceptors (Lipinski definition) is 5. The van der Waals surface area contributed by atoms with Gasteiger partial charge in [0.1, 0.15) is 5.76 Å². The highest BCUT2D eigenvalue weighted by Crippen LogP contribution is 2.16. The lowest BCUT2D eigenvalue weighted by Gasteiger charge is -2.05. The van der Waals surface area contributed by atoms with Crippen LogP contribution in [0.3, 0.4) is 0 Å². The number of carbonyl (C=O) groups excluding carboxylic acids is 2. The third-order valence-electron chi connectivity index (χ3n) is 4.37. The van der Waals surface area contributed by atoms with Gasteiger partial charge in [-0.05, 0) is 31.5 Å². The fraction of sp³-hybridized carbons (Fsp3) is 0.143. The summed E-state index contributed by atoms with van der Waals surface area (Å²) in [7, 11) is 0. The molecule has 0 unspecified atom stereocenters. The van der Waals surface area contributed by atoms with Crippen LogP contribution in [0.1, 0.15) is 38.0 Å². The monoisotopic (exact) mass is 389 g/mol. The van der Waals surface area contributed by atoms with E-state index in [4.69, 9.17) is 4.52 Å². The molecule has 2 N–H and O–H groups in total. The van der Waals surface area contributed by atoms with E-state index >= 15 is 0 Å². The summed E-state index contributed by atoms with van der Waals surface area (Å²) in [5.74, 6) is 0.153. The number of fused-ring (bicyclic) bond motifs is 1. The molecule has 8 nitrogen and oxygen atoms in total. The van der Waals surface area contributed by atoms with E-state index in [1.54, 1.807) is 41.8 Å². The molecular weight excluding hydrogens is 370 g/mol. The van der Waals surface area contributed by atoms with Crippen LogP contribution < -0.4 is 10.6 Å². The zero-order valence-electron chi connectivity index (χ0n) is 16.0. The molecule has 4 rings (SSSR count). The molecule has 3 aromatic heterocycles. The molecule has 0 aliphatic heterocycles. The molecule has 4 aromatic rings. The number of aromatic nitrogens is 3. The Morgan fingerprint density at radius 3 is 2.69 bits per heavy atom. The minimum atomic E-state index is -0.472. The van der Waals surface area contributed by atoms with Gasteiger partial charge in [0.25, 0.3) is 11.8 Å². The van der Waals surface area contributed by atoms with E-state index in [-0.39, 0.29) is 23.2 Å². The van der Waals surface area contributed by atoms with Gasteiger partial charge in [-0.15, -0.1) is 0 Å². The van der Waals surface area contributed by atoms with E-state index in [0.29, 0.717) is 17.8 Å². The lowest BCUT2D eigenvalue weighted by Crippen LogP contribution is -2.25. The maximum atomic E-state index is 12.8. The van der Waals surface area contributed by atoms with E-state index in [9.17, 15) is 9.59 Å². The van der Waals surface area contributed by atoms with Crippen molar-refractivity contribution in [3.05, 3.63) is 83.1 Å². The summed E-state index contributed by atoms with van der Waals surface area (Å²) in [6.45, 7) is 4.09.